The number of nitrogens with zero attached hydrogens (tertiary/aromatic N) is 1. The van der Waals surface area contributed by atoms with Crippen molar-refractivity contribution in [2.75, 3.05) is 12.3 Å². The maximum Gasteiger partial charge on any atom is 0.210 e. The number of pyridine rings is 1. The number of hydrogen-bond acceptors (Lipinski definition) is 5. The molecule has 1 aliphatic rings. The van der Waals surface area contributed by atoms with Gasteiger partial charge in [-0.2, -0.15) is 0 Å². The number of Topliss-reactive ketones (excluding diaryl/α,β-unsaturated/α-hetero) is 1. The van der Waals surface area contributed by atoms with Crippen LogP contribution in [0.5, 0.6) is 11.5 Å². The topological polar surface area (TPSA) is 74.4 Å². The first-order valence-corrected chi connectivity index (χ1v) is 6.30. The Bertz CT molecular complexity index is 650. The summed E-state index contributed by atoms with van der Waals surface area (Å²) < 4.78 is 11.3. The largest absolute Gasteiger partial charge is 0.485 e. The smallest absolute Gasteiger partial charge is 0.210 e. The van der Waals surface area contributed by atoms with Crippen molar-refractivity contribution in [1.82, 2.24) is 4.98 Å². The van der Waals surface area contributed by atoms with Crippen molar-refractivity contribution in [3.63, 3.8) is 0 Å². The summed E-state index contributed by atoms with van der Waals surface area (Å²) >= 11 is 0. The molecular weight excluding hydrogens is 256 g/mol. The molecule has 5 nitrogen and oxygen atoms in total. The number of ketones is 1. The van der Waals surface area contributed by atoms with E-state index in [4.69, 9.17) is 15.2 Å². The zero-order chi connectivity index (χ0) is 14.1. The third-order valence-electron chi connectivity index (χ3n) is 3.24. The van der Waals surface area contributed by atoms with Crippen LogP contribution >= 0.6 is 0 Å². The highest BCUT2D eigenvalue weighted by Crippen LogP contribution is 2.32. The van der Waals surface area contributed by atoms with Gasteiger partial charge in [-0.25, -0.2) is 4.98 Å². The molecule has 5 heteroatoms. The van der Waals surface area contributed by atoms with Crippen LogP contribution in [0.25, 0.3) is 0 Å². The summed E-state index contributed by atoms with van der Waals surface area (Å²) in [6.07, 6.45) is 0.879. The van der Waals surface area contributed by atoms with E-state index in [1.54, 1.807) is 24.4 Å². The molecule has 2 aromatic rings. The van der Waals surface area contributed by atoms with Crippen molar-refractivity contribution in [2.24, 2.45) is 0 Å². The predicted octanol–water partition coefficient (Wildman–Crippen LogP) is 1.99. The number of nitrogen functional groups attached to an aromatic ring is 1. The first-order chi connectivity index (χ1) is 9.66. The molecule has 3 rings (SSSR count). The molecule has 0 saturated heterocycles. The molecule has 1 aromatic heterocycles. The highest BCUT2D eigenvalue weighted by Gasteiger charge is 2.30. The third-order valence-corrected chi connectivity index (χ3v) is 3.24. The van der Waals surface area contributed by atoms with Gasteiger partial charge in [-0.05, 0) is 30.7 Å². The van der Waals surface area contributed by atoms with Gasteiger partial charge in [0.1, 0.15) is 12.4 Å². The zero-order valence-electron chi connectivity index (χ0n) is 11.0. The van der Waals surface area contributed by atoms with Gasteiger partial charge in [0.25, 0.3) is 0 Å². The molecule has 0 spiro atoms. The number of aryl methyl sites for hydroxylation is 1. The molecule has 1 atom stereocenters. The Morgan fingerprint density at radius 3 is 2.80 bits per heavy atom. The van der Waals surface area contributed by atoms with Crippen LogP contribution in [0.4, 0.5) is 5.82 Å². The van der Waals surface area contributed by atoms with Crippen molar-refractivity contribution in [1.29, 1.82) is 0 Å². The zero-order valence-corrected chi connectivity index (χ0v) is 11.0. The summed E-state index contributed by atoms with van der Waals surface area (Å²) in [6.45, 7) is 1.99. The molecule has 20 heavy (non-hydrogen) atoms. The maximum absolute atomic E-state index is 12.5. The second kappa shape index (κ2) is 4.85. The lowest BCUT2D eigenvalue weighted by Gasteiger charge is -2.26. The Morgan fingerprint density at radius 2 is 2.05 bits per heavy atom. The fourth-order valence-corrected chi connectivity index (χ4v) is 2.21. The summed E-state index contributed by atoms with van der Waals surface area (Å²) in [5.74, 6) is 1.23. The molecule has 2 N–H and O–H groups in total. The van der Waals surface area contributed by atoms with Crippen LogP contribution in [-0.4, -0.2) is 23.5 Å². The molecule has 0 bridgehead atoms. The number of carbonyl (C=O) groups is 1. The maximum atomic E-state index is 12.5. The fraction of sp³-hybridized carbons (Fsp3) is 0.200. The van der Waals surface area contributed by atoms with Crippen molar-refractivity contribution < 1.29 is 14.3 Å². The Labute approximate surface area is 116 Å². The van der Waals surface area contributed by atoms with E-state index in [0.717, 1.165) is 5.56 Å². The number of anilines is 1. The lowest BCUT2D eigenvalue weighted by Crippen LogP contribution is -2.37. The van der Waals surface area contributed by atoms with Crippen LogP contribution in [0, 0.1) is 6.92 Å². The Hall–Kier alpha value is -2.56. The van der Waals surface area contributed by atoms with Gasteiger partial charge in [-0.3, -0.25) is 4.79 Å². The van der Waals surface area contributed by atoms with Gasteiger partial charge in [0, 0.05) is 6.20 Å². The summed E-state index contributed by atoms with van der Waals surface area (Å²) in [6, 6.07) is 9.02. The Balaban J connectivity index is 1.90. The number of hydrogen-bond donors (Lipinski definition) is 1. The average molecular weight is 270 g/mol. The number of nitrogens with two attached hydrogens (primary N) is 1. The molecule has 0 fully saturated rings. The molecule has 0 saturated carbocycles. The standard InChI is InChI=1S/C15H14N2O3/c1-9-6-7-17-15(16)13(9)14(18)12-8-19-10-4-2-3-5-11(10)20-12/h2-7,12H,8H2,1H3,(H2,16,17). The van der Waals surface area contributed by atoms with Gasteiger partial charge in [0.05, 0.1) is 5.56 Å². The SMILES string of the molecule is Cc1ccnc(N)c1C(=O)C1COc2ccccc2O1. The summed E-state index contributed by atoms with van der Waals surface area (Å²) in [5, 5.41) is 0. The average Bonchev–Trinajstić information content (AvgIpc) is 2.46. The minimum absolute atomic E-state index is 0.170. The van der Waals surface area contributed by atoms with Crippen LogP contribution in [0.15, 0.2) is 36.5 Å². The van der Waals surface area contributed by atoms with E-state index < -0.39 is 6.10 Å². The molecule has 0 aliphatic carbocycles. The summed E-state index contributed by atoms with van der Waals surface area (Å²) in [5.41, 5.74) is 6.98. The molecule has 1 aliphatic heterocycles. The van der Waals surface area contributed by atoms with Crippen LogP contribution in [0.2, 0.25) is 0 Å². The van der Waals surface area contributed by atoms with Crippen LogP contribution < -0.4 is 15.2 Å². The number of rotatable bonds is 2. The van der Waals surface area contributed by atoms with Crippen LogP contribution in [-0.2, 0) is 0 Å². The molecule has 102 valence electrons. The van der Waals surface area contributed by atoms with E-state index in [2.05, 4.69) is 4.98 Å². The fourth-order valence-electron chi connectivity index (χ4n) is 2.21. The van der Waals surface area contributed by atoms with E-state index >= 15 is 0 Å². The predicted molar refractivity (Wildman–Crippen MR) is 74.1 cm³/mol. The van der Waals surface area contributed by atoms with Crippen molar-refractivity contribution >= 4 is 11.6 Å². The number of aromatic nitrogens is 1. The van der Waals surface area contributed by atoms with Gasteiger partial charge >= 0.3 is 0 Å². The van der Waals surface area contributed by atoms with E-state index in [1.807, 2.05) is 19.1 Å². The number of para-hydroxylation sites is 2. The quantitative estimate of drug-likeness (QED) is 0.845. The lowest BCUT2D eigenvalue weighted by molar-refractivity contribution is 0.0586. The van der Waals surface area contributed by atoms with E-state index in [1.165, 1.54) is 0 Å². The minimum Gasteiger partial charge on any atom is -0.485 e. The minimum atomic E-state index is -0.699. The van der Waals surface area contributed by atoms with Crippen LogP contribution in [0.3, 0.4) is 0 Å². The second-order valence-corrected chi connectivity index (χ2v) is 4.62. The number of benzene rings is 1. The van der Waals surface area contributed by atoms with Gasteiger partial charge < -0.3 is 15.2 Å². The molecule has 0 radical (unpaired) electrons. The van der Waals surface area contributed by atoms with Gasteiger partial charge in [-0.1, -0.05) is 12.1 Å². The normalized spacial score (nSPS) is 16.8. The van der Waals surface area contributed by atoms with E-state index in [0.29, 0.717) is 17.1 Å². The van der Waals surface area contributed by atoms with Crippen molar-refractivity contribution in [3.05, 3.63) is 47.7 Å². The number of ether oxygens (including phenoxy) is 2. The Kier molecular flexibility index (Phi) is 3.02. The van der Waals surface area contributed by atoms with E-state index in [9.17, 15) is 4.79 Å². The van der Waals surface area contributed by atoms with Crippen molar-refractivity contribution in [3.8, 4) is 11.5 Å². The molecule has 1 aromatic carbocycles. The molecule has 2 heterocycles. The molecular formula is C15H14N2O3. The van der Waals surface area contributed by atoms with Crippen LogP contribution in [0.1, 0.15) is 15.9 Å². The lowest BCUT2D eigenvalue weighted by atomic mass is 10.0. The molecule has 0 amide bonds. The monoisotopic (exact) mass is 270 g/mol. The number of fused-ring (bicyclic) bond motifs is 1. The van der Waals surface area contributed by atoms with Gasteiger partial charge in [-0.15, -0.1) is 0 Å². The van der Waals surface area contributed by atoms with Gasteiger partial charge in [0.15, 0.2) is 17.6 Å². The summed E-state index contributed by atoms with van der Waals surface area (Å²) in [7, 11) is 0. The number of carbonyl (C=O) groups excluding carboxylic acids is 1. The third kappa shape index (κ3) is 2.07. The first kappa shape index (κ1) is 12.5. The second-order valence-electron chi connectivity index (χ2n) is 4.62. The highest BCUT2D eigenvalue weighted by molar-refractivity contribution is 6.04. The summed E-state index contributed by atoms with van der Waals surface area (Å²) in [4.78, 5) is 16.5. The highest BCUT2D eigenvalue weighted by atomic mass is 16.6. The van der Waals surface area contributed by atoms with Gasteiger partial charge in [0.2, 0.25) is 5.78 Å². The first-order valence-electron chi connectivity index (χ1n) is 6.30. The molecule has 1 unspecified atom stereocenters. The van der Waals surface area contributed by atoms with Crippen molar-refractivity contribution in [2.45, 2.75) is 13.0 Å². The van der Waals surface area contributed by atoms with E-state index in [-0.39, 0.29) is 18.2 Å². The Morgan fingerprint density at radius 1 is 1.30 bits per heavy atom.